The minimum absolute atomic E-state index is 0.122. The van der Waals surface area contributed by atoms with Gasteiger partial charge in [0.2, 0.25) is 5.91 Å². The molecule has 1 saturated carbocycles. The van der Waals surface area contributed by atoms with Gasteiger partial charge in [-0.25, -0.2) is 8.78 Å². The van der Waals surface area contributed by atoms with Crippen LogP contribution in [0.4, 0.5) is 8.78 Å². The third-order valence-electron chi connectivity index (χ3n) is 2.81. The minimum atomic E-state index is -2.55. The largest absolute Gasteiger partial charge is 0.352 e. The van der Waals surface area contributed by atoms with Crippen LogP contribution >= 0.6 is 0 Å². The maximum absolute atomic E-state index is 12.4. The molecule has 1 heterocycles. The Bertz CT molecular complexity index is 231. The van der Waals surface area contributed by atoms with Crippen LogP contribution in [-0.4, -0.2) is 30.5 Å². The van der Waals surface area contributed by atoms with Gasteiger partial charge in [0.1, 0.15) is 0 Å². The van der Waals surface area contributed by atoms with Crippen LogP contribution in [0.25, 0.3) is 0 Å². The molecule has 1 amide bonds. The maximum atomic E-state index is 12.4. The Balaban J connectivity index is 1.73. The van der Waals surface area contributed by atoms with Gasteiger partial charge >= 0.3 is 0 Å². The first-order valence-electron chi connectivity index (χ1n) is 4.98. The lowest BCUT2D eigenvalue weighted by atomic mass is 9.88. The molecule has 1 atom stereocenters. The van der Waals surface area contributed by atoms with E-state index in [1.165, 1.54) is 0 Å². The molecule has 2 fully saturated rings. The summed E-state index contributed by atoms with van der Waals surface area (Å²) in [4.78, 5) is 11.4. The van der Waals surface area contributed by atoms with Gasteiger partial charge in [-0.3, -0.25) is 4.79 Å². The average molecular weight is 204 g/mol. The Morgan fingerprint density at radius 1 is 1.43 bits per heavy atom. The van der Waals surface area contributed by atoms with Crippen LogP contribution in [0.5, 0.6) is 0 Å². The van der Waals surface area contributed by atoms with E-state index in [4.69, 9.17) is 0 Å². The van der Waals surface area contributed by atoms with E-state index in [1.54, 1.807) is 0 Å². The van der Waals surface area contributed by atoms with Gasteiger partial charge in [-0.1, -0.05) is 0 Å². The van der Waals surface area contributed by atoms with Crippen molar-refractivity contribution in [2.45, 2.75) is 43.7 Å². The number of rotatable bonds is 2. The van der Waals surface area contributed by atoms with Crippen molar-refractivity contribution >= 4 is 5.91 Å². The molecule has 1 unspecified atom stereocenters. The molecule has 2 aliphatic rings. The minimum Gasteiger partial charge on any atom is -0.352 e. The van der Waals surface area contributed by atoms with Gasteiger partial charge in [0, 0.05) is 18.9 Å². The monoisotopic (exact) mass is 204 g/mol. The van der Waals surface area contributed by atoms with E-state index >= 15 is 0 Å². The molecule has 1 saturated heterocycles. The summed E-state index contributed by atoms with van der Waals surface area (Å²) >= 11 is 0. The van der Waals surface area contributed by atoms with Gasteiger partial charge in [0.05, 0.1) is 6.04 Å². The van der Waals surface area contributed by atoms with Gasteiger partial charge in [0.25, 0.3) is 5.92 Å². The van der Waals surface area contributed by atoms with Crippen molar-refractivity contribution in [3.63, 3.8) is 0 Å². The van der Waals surface area contributed by atoms with E-state index in [1.807, 2.05) is 0 Å². The normalized spacial score (nSPS) is 31.1. The third-order valence-corrected chi connectivity index (χ3v) is 2.81. The van der Waals surface area contributed by atoms with Crippen molar-refractivity contribution in [3.8, 4) is 0 Å². The molecule has 2 rings (SSSR count). The molecule has 1 aliphatic carbocycles. The number of halogens is 2. The summed E-state index contributed by atoms with van der Waals surface area (Å²) in [6.45, 7) is 0.846. The van der Waals surface area contributed by atoms with Crippen molar-refractivity contribution in [2.24, 2.45) is 0 Å². The number of nitrogens with one attached hydrogen (secondary N) is 2. The zero-order valence-corrected chi connectivity index (χ0v) is 7.85. The number of hydrogen-bond donors (Lipinski definition) is 2. The van der Waals surface area contributed by atoms with Crippen LogP contribution in [-0.2, 0) is 4.79 Å². The standard InChI is InChI=1S/C9H14F2N2O/c10-9(11)4-6(5-9)13-8(14)7-2-1-3-12-7/h6-7,12H,1-5H2,(H,13,14). The maximum Gasteiger partial charge on any atom is 0.252 e. The van der Waals surface area contributed by atoms with Crippen molar-refractivity contribution in [3.05, 3.63) is 0 Å². The molecule has 0 spiro atoms. The fourth-order valence-corrected chi connectivity index (χ4v) is 1.97. The molecule has 0 radical (unpaired) electrons. The SMILES string of the molecule is O=C(NC1CC(F)(F)C1)C1CCCN1. The highest BCUT2D eigenvalue weighted by molar-refractivity contribution is 5.82. The van der Waals surface area contributed by atoms with Crippen molar-refractivity contribution in [2.75, 3.05) is 6.54 Å². The fourth-order valence-electron chi connectivity index (χ4n) is 1.97. The van der Waals surface area contributed by atoms with E-state index in [9.17, 15) is 13.6 Å². The van der Waals surface area contributed by atoms with Gasteiger partial charge in [-0.15, -0.1) is 0 Å². The molecule has 5 heteroatoms. The lowest BCUT2D eigenvalue weighted by Gasteiger charge is -2.35. The fraction of sp³-hybridized carbons (Fsp3) is 0.889. The molecule has 0 aromatic carbocycles. The van der Waals surface area contributed by atoms with Crippen molar-refractivity contribution < 1.29 is 13.6 Å². The summed E-state index contributed by atoms with van der Waals surface area (Å²) in [6, 6.07) is -0.482. The van der Waals surface area contributed by atoms with E-state index in [0.29, 0.717) is 0 Å². The third kappa shape index (κ3) is 2.03. The number of hydrogen-bond acceptors (Lipinski definition) is 2. The molecule has 1 aliphatic heterocycles. The van der Waals surface area contributed by atoms with E-state index in [0.717, 1.165) is 19.4 Å². The van der Waals surface area contributed by atoms with Crippen LogP contribution in [0, 0.1) is 0 Å². The number of carbonyl (C=O) groups is 1. The Morgan fingerprint density at radius 3 is 2.64 bits per heavy atom. The molecule has 0 aromatic rings. The molecule has 80 valence electrons. The van der Waals surface area contributed by atoms with Crippen molar-refractivity contribution in [1.29, 1.82) is 0 Å². The Hall–Kier alpha value is -0.710. The van der Waals surface area contributed by atoms with Crippen LogP contribution in [0.2, 0.25) is 0 Å². The Labute approximate surface area is 81.2 Å². The van der Waals surface area contributed by atoms with Gasteiger partial charge in [-0.2, -0.15) is 0 Å². The molecule has 2 N–H and O–H groups in total. The molecule has 3 nitrogen and oxygen atoms in total. The number of amides is 1. The topological polar surface area (TPSA) is 41.1 Å². The van der Waals surface area contributed by atoms with Crippen LogP contribution in [0.15, 0.2) is 0 Å². The summed E-state index contributed by atoms with van der Waals surface area (Å²) < 4.78 is 24.9. The average Bonchev–Trinajstić information content (AvgIpc) is 2.51. The zero-order valence-electron chi connectivity index (χ0n) is 7.85. The molecule has 0 aromatic heterocycles. The molecular formula is C9H14F2N2O. The Morgan fingerprint density at radius 2 is 2.14 bits per heavy atom. The Kier molecular flexibility index (Phi) is 2.43. The lowest BCUT2D eigenvalue weighted by molar-refractivity contribution is -0.130. The summed E-state index contributed by atoms with van der Waals surface area (Å²) in [5, 5.41) is 5.66. The second-order valence-corrected chi connectivity index (χ2v) is 4.12. The highest BCUT2D eigenvalue weighted by atomic mass is 19.3. The smallest absolute Gasteiger partial charge is 0.252 e. The first kappa shape index (κ1) is 9.83. The molecular weight excluding hydrogens is 190 g/mol. The van der Waals surface area contributed by atoms with Crippen LogP contribution in [0.1, 0.15) is 25.7 Å². The highest BCUT2D eigenvalue weighted by Gasteiger charge is 2.46. The predicted molar refractivity (Wildman–Crippen MR) is 47.1 cm³/mol. The summed E-state index contributed by atoms with van der Waals surface area (Å²) in [5.41, 5.74) is 0. The molecule has 0 bridgehead atoms. The number of carbonyl (C=O) groups excluding carboxylic acids is 1. The van der Waals surface area contributed by atoms with Crippen LogP contribution < -0.4 is 10.6 Å². The predicted octanol–water partition coefficient (Wildman–Crippen LogP) is 0.652. The van der Waals surface area contributed by atoms with E-state index in [-0.39, 0.29) is 30.8 Å². The summed E-state index contributed by atoms with van der Waals surface area (Å²) in [6.07, 6.45) is 1.39. The first-order chi connectivity index (χ1) is 6.57. The molecule has 14 heavy (non-hydrogen) atoms. The van der Waals surface area contributed by atoms with Crippen molar-refractivity contribution in [1.82, 2.24) is 10.6 Å². The van der Waals surface area contributed by atoms with Gasteiger partial charge in [-0.05, 0) is 19.4 Å². The second kappa shape index (κ2) is 3.46. The van der Waals surface area contributed by atoms with Crippen LogP contribution in [0.3, 0.4) is 0 Å². The van der Waals surface area contributed by atoms with E-state index in [2.05, 4.69) is 10.6 Å². The zero-order chi connectivity index (χ0) is 10.2. The number of alkyl halides is 2. The van der Waals surface area contributed by atoms with Gasteiger partial charge < -0.3 is 10.6 Å². The second-order valence-electron chi connectivity index (χ2n) is 4.12. The quantitative estimate of drug-likeness (QED) is 0.693. The van der Waals surface area contributed by atoms with E-state index < -0.39 is 5.92 Å². The highest BCUT2D eigenvalue weighted by Crippen LogP contribution is 2.37. The lowest BCUT2D eigenvalue weighted by Crippen LogP contribution is -2.54. The summed E-state index contributed by atoms with van der Waals surface area (Å²) in [5.74, 6) is -2.68. The summed E-state index contributed by atoms with van der Waals surface area (Å²) in [7, 11) is 0. The first-order valence-corrected chi connectivity index (χ1v) is 4.98. The van der Waals surface area contributed by atoms with Gasteiger partial charge in [0.15, 0.2) is 0 Å².